The van der Waals surface area contributed by atoms with Crippen molar-refractivity contribution < 1.29 is 44.2 Å². The van der Waals surface area contributed by atoms with Crippen molar-refractivity contribution in [3.8, 4) is 5.75 Å². The molecule has 0 aromatic heterocycles. The molecule has 0 amide bonds. The molecule has 29 heavy (non-hydrogen) atoms. The third-order valence-electron chi connectivity index (χ3n) is 4.47. The Bertz CT molecular complexity index is 941. The number of benzene rings is 3. The summed E-state index contributed by atoms with van der Waals surface area (Å²) in [7, 11) is 0. The van der Waals surface area contributed by atoms with E-state index in [2.05, 4.69) is 0 Å². The molecule has 3 nitrogen and oxygen atoms in total. The van der Waals surface area contributed by atoms with Gasteiger partial charge < -0.3 is 14.6 Å². The Morgan fingerprint density at radius 2 is 1.24 bits per heavy atom. The fraction of sp³-hybridized carbons (Fsp3) is 0.174. The summed E-state index contributed by atoms with van der Waals surface area (Å²) in [6.45, 7) is 1.51. The van der Waals surface area contributed by atoms with Gasteiger partial charge in [0.15, 0.2) is 0 Å². The second kappa shape index (κ2) is 10.5. The Kier molecular flexibility index (Phi) is 8.62. The van der Waals surface area contributed by atoms with Crippen molar-refractivity contribution in [1.29, 1.82) is 0 Å². The van der Waals surface area contributed by atoms with Gasteiger partial charge in [0.2, 0.25) is 0 Å². The second-order valence-corrected chi connectivity index (χ2v) is 7.74. The van der Waals surface area contributed by atoms with Crippen LogP contribution >= 0.6 is 23.2 Å². The first-order valence-corrected chi connectivity index (χ1v) is 9.58. The summed E-state index contributed by atoms with van der Waals surface area (Å²) in [4.78, 5) is 11.8. The molecule has 0 bridgehead atoms. The molecular weight excluding hydrogens is 418 g/mol. The predicted octanol–water partition coefficient (Wildman–Crippen LogP) is 1.72. The van der Waals surface area contributed by atoms with Crippen LogP contribution in [0.15, 0.2) is 72.8 Å². The van der Waals surface area contributed by atoms with E-state index in [-0.39, 0.29) is 36.0 Å². The van der Waals surface area contributed by atoms with E-state index >= 15 is 0 Å². The Morgan fingerprint density at radius 1 is 0.828 bits per heavy atom. The van der Waals surface area contributed by atoms with Gasteiger partial charge in [0.1, 0.15) is 11.4 Å². The van der Waals surface area contributed by atoms with E-state index < -0.39 is 11.6 Å². The molecule has 0 N–H and O–H groups in total. The molecule has 0 aliphatic rings. The minimum absolute atomic E-state index is 0. The van der Waals surface area contributed by atoms with Gasteiger partial charge >= 0.3 is 29.6 Å². The van der Waals surface area contributed by atoms with Gasteiger partial charge in [-0.3, -0.25) is 0 Å². The Morgan fingerprint density at radius 3 is 1.69 bits per heavy atom. The first kappa shape index (κ1) is 23.8. The molecule has 0 saturated heterocycles. The standard InChI is InChI=1S/C23H20Cl2O3.Na/c1-23(22(26)27,15-18-4-10-20(25)11-5-18)28-21-12-6-17(7-13-21)14-16-2-8-19(24)9-3-16;/h2-13H,14-15H2,1H3,(H,26,27);/q;+1/p-1. The molecule has 0 aliphatic heterocycles. The molecule has 6 heteroatoms. The summed E-state index contributed by atoms with van der Waals surface area (Å²) in [5, 5.41) is 13.1. The van der Waals surface area contributed by atoms with Crippen LogP contribution in [0.25, 0.3) is 0 Å². The van der Waals surface area contributed by atoms with Crippen LogP contribution in [0.5, 0.6) is 5.75 Å². The molecule has 1 atom stereocenters. The van der Waals surface area contributed by atoms with Crippen molar-refractivity contribution in [2.45, 2.75) is 25.4 Å². The Labute approximate surface area is 202 Å². The number of carboxylic acid groups (broad SMARTS) is 1. The van der Waals surface area contributed by atoms with E-state index in [1.54, 1.807) is 36.4 Å². The van der Waals surface area contributed by atoms with E-state index in [0.29, 0.717) is 15.8 Å². The average molecular weight is 437 g/mol. The number of carbonyl (C=O) groups is 1. The zero-order chi connectivity index (χ0) is 20.1. The molecule has 0 fully saturated rings. The van der Waals surface area contributed by atoms with Crippen molar-refractivity contribution in [2.75, 3.05) is 0 Å². The Balaban J connectivity index is 0.00000300. The van der Waals surface area contributed by atoms with Gasteiger partial charge in [-0.15, -0.1) is 0 Å². The smallest absolute Gasteiger partial charge is 0.546 e. The fourth-order valence-electron chi connectivity index (χ4n) is 2.92. The van der Waals surface area contributed by atoms with E-state index in [1.807, 2.05) is 36.4 Å². The minimum atomic E-state index is -1.49. The average Bonchev–Trinajstić information content (AvgIpc) is 2.67. The number of ether oxygens (including phenoxy) is 1. The quantitative estimate of drug-likeness (QED) is 0.529. The van der Waals surface area contributed by atoms with Crippen LogP contribution in [0.3, 0.4) is 0 Å². The maximum absolute atomic E-state index is 11.8. The summed E-state index contributed by atoms with van der Waals surface area (Å²) >= 11 is 11.8. The summed E-state index contributed by atoms with van der Waals surface area (Å²) in [5.74, 6) is -0.798. The SMILES string of the molecule is CC(Cc1ccc(Cl)cc1)(Oc1ccc(Cc2ccc(Cl)cc2)cc1)C(=O)[O-].[Na+]. The first-order chi connectivity index (χ1) is 13.3. The van der Waals surface area contributed by atoms with Gasteiger partial charge in [-0.05, 0) is 66.4 Å². The van der Waals surface area contributed by atoms with Gasteiger partial charge in [-0.1, -0.05) is 59.6 Å². The van der Waals surface area contributed by atoms with Crippen LogP contribution < -0.4 is 39.4 Å². The zero-order valence-electron chi connectivity index (χ0n) is 16.3. The van der Waals surface area contributed by atoms with Crippen molar-refractivity contribution in [3.05, 3.63) is 99.5 Å². The van der Waals surface area contributed by atoms with Crippen molar-refractivity contribution in [1.82, 2.24) is 0 Å². The molecule has 144 valence electrons. The number of halogens is 2. The largest absolute Gasteiger partial charge is 1.00 e. The predicted molar refractivity (Wildman–Crippen MR) is 110 cm³/mol. The first-order valence-electron chi connectivity index (χ1n) is 8.82. The van der Waals surface area contributed by atoms with E-state index in [1.165, 1.54) is 6.92 Å². The maximum Gasteiger partial charge on any atom is 1.00 e. The van der Waals surface area contributed by atoms with Gasteiger partial charge in [0.25, 0.3) is 0 Å². The molecule has 0 saturated carbocycles. The summed E-state index contributed by atoms with van der Waals surface area (Å²) in [6.07, 6.45) is 0.916. The van der Waals surface area contributed by atoms with Crippen LogP contribution in [0, 0.1) is 0 Å². The van der Waals surface area contributed by atoms with Crippen LogP contribution in [-0.2, 0) is 17.6 Å². The molecule has 3 aromatic carbocycles. The fourth-order valence-corrected chi connectivity index (χ4v) is 3.17. The summed E-state index contributed by atoms with van der Waals surface area (Å²) in [5.41, 5.74) is 1.53. The normalized spacial score (nSPS) is 12.5. The van der Waals surface area contributed by atoms with E-state index in [4.69, 9.17) is 27.9 Å². The van der Waals surface area contributed by atoms with Crippen molar-refractivity contribution in [2.24, 2.45) is 0 Å². The molecule has 0 radical (unpaired) electrons. The number of carboxylic acids is 1. The zero-order valence-corrected chi connectivity index (χ0v) is 19.8. The maximum atomic E-state index is 11.8. The van der Waals surface area contributed by atoms with Gasteiger partial charge in [0, 0.05) is 16.5 Å². The number of carbonyl (C=O) groups excluding carboxylic acids is 1. The number of hydrogen-bond donors (Lipinski definition) is 0. The van der Waals surface area contributed by atoms with Crippen LogP contribution in [0.2, 0.25) is 10.0 Å². The van der Waals surface area contributed by atoms with Gasteiger partial charge in [-0.25, -0.2) is 0 Å². The Hall–Kier alpha value is -1.49. The van der Waals surface area contributed by atoms with Crippen LogP contribution in [-0.4, -0.2) is 11.6 Å². The summed E-state index contributed by atoms with van der Waals surface area (Å²) in [6, 6.07) is 22.1. The molecule has 0 heterocycles. The number of aliphatic carboxylic acids is 1. The van der Waals surface area contributed by atoms with Gasteiger partial charge in [0.05, 0.1) is 5.97 Å². The third-order valence-corrected chi connectivity index (χ3v) is 4.98. The van der Waals surface area contributed by atoms with Crippen molar-refractivity contribution >= 4 is 29.2 Å². The van der Waals surface area contributed by atoms with Crippen LogP contribution in [0.1, 0.15) is 23.6 Å². The molecule has 3 aromatic rings. The van der Waals surface area contributed by atoms with Gasteiger partial charge in [-0.2, -0.15) is 0 Å². The minimum Gasteiger partial charge on any atom is -0.546 e. The molecular formula is C23H19Cl2NaO3. The molecule has 0 aliphatic carbocycles. The second-order valence-electron chi connectivity index (χ2n) is 6.87. The van der Waals surface area contributed by atoms with Crippen molar-refractivity contribution in [3.63, 3.8) is 0 Å². The van der Waals surface area contributed by atoms with E-state index in [9.17, 15) is 9.90 Å². The molecule has 3 rings (SSSR count). The summed E-state index contributed by atoms with van der Waals surface area (Å²) < 4.78 is 5.81. The van der Waals surface area contributed by atoms with Crippen LogP contribution in [0.4, 0.5) is 0 Å². The number of rotatable bonds is 7. The third kappa shape index (κ3) is 6.77. The molecule has 1 unspecified atom stereocenters. The molecule has 0 spiro atoms. The van der Waals surface area contributed by atoms with E-state index in [0.717, 1.165) is 23.1 Å². The monoisotopic (exact) mass is 436 g/mol. The number of hydrogen-bond acceptors (Lipinski definition) is 3. The topological polar surface area (TPSA) is 49.4 Å².